The Labute approximate surface area is 133 Å². The zero-order chi connectivity index (χ0) is 16.7. The van der Waals surface area contributed by atoms with Crippen LogP contribution in [0.2, 0.25) is 0 Å². The van der Waals surface area contributed by atoms with Gasteiger partial charge in [0.25, 0.3) is 0 Å². The standard InChI is InChI=1S/C16H22F2O5/c17-13(18)14(21)22-6-12(20)23-9-16-4-10-1-11(5-16)3-15(2-10,7-16)8-19/h10-11,13,19H,1-9H2. The van der Waals surface area contributed by atoms with Crippen LogP contribution in [0.15, 0.2) is 0 Å². The second-order valence-corrected chi connectivity index (χ2v) is 7.69. The van der Waals surface area contributed by atoms with Gasteiger partial charge in [0.1, 0.15) is 0 Å². The van der Waals surface area contributed by atoms with Gasteiger partial charge in [-0.05, 0) is 55.8 Å². The molecule has 7 heteroatoms. The number of alkyl halides is 2. The van der Waals surface area contributed by atoms with Gasteiger partial charge >= 0.3 is 18.4 Å². The Morgan fingerprint density at radius 1 is 1.09 bits per heavy atom. The Morgan fingerprint density at radius 3 is 2.26 bits per heavy atom. The lowest BCUT2D eigenvalue weighted by Crippen LogP contribution is -2.55. The van der Waals surface area contributed by atoms with E-state index in [1.165, 1.54) is 6.42 Å². The molecule has 0 spiro atoms. The topological polar surface area (TPSA) is 72.8 Å². The van der Waals surface area contributed by atoms with Crippen molar-refractivity contribution in [2.75, 3.05) is 19.8 Å². The van der Waals surface area contributed by atoms with Crippen LogP contribution in [-0.2, 0) is 19.1 Å². The van der Waals surface area contributed by atoms with Crippen molar-refractivity contribution in [2.24, 2.45) is 22.7 Å². The molecule has 4 saturated carbocycles. The molecule has 4 aliphatic carbocycles. The smallest absolute Gasteiger partial charge is 0.374 e. The average molecular weight is 332 g/mol. The average Bonchev–Trinajstić information content (AvgIpc) is 2.49. The quantitative estimate of drug-likeness (QED) is 0.752. The molecule has 130 valence electrons. The molecule has 4 rings (SSSR count). The molecule has 0 radical (unpaired) electrons. The van der Waals surface area contributed by atoms with Gasteiger partial charge in [0, 0.05) is 12.0 Å². The Hall–Kier alpha value is -1.24. The van der Waals surface area contributed by atoms with Crippen LogP contribution in [0.4, 0.5) is 8.78 Å². The maximum atomic E-state index is 12.0. The van der Waals surface area contributed by atoms with E-state index in [1.54, 1.807) is 0 Å². The number of ether oxygens (including phenoxy) is 2. The lowest BCUT2D eigenvalue weighted by Gasteiger charge is -2.61. The third kappa shape index (κ3) is 3.34. The van der Waals surface area contributed by atoms with Crippen molar-refractivity contribution in [2.45, 2.75) is 45.0 Å². The molecule has 4 bridgehead atoms. The number of carbonyl (C=O) groups excluding carboxylic acids is 2. The minimum atomic E-state index is -3.24. The molecular weight excluding hydrogens is 310 g/mol. The molecule has 2 atom stereocenters. The molecule has 0 aliphatic heterocycles. The van der Waals surface area contributed by atoms with Crippen LogP contribution >= 0.6 is 0 Å². The van der Waals surface area contributed by atoms with Gasteiger partial charge in [0.2, 0.25) is 0 Å². The van der Waals surface area contributed by atoms with Crippen molar-refractivity contribution in [3.63, 3.8) is 0 Å². The van der Waals surface area contributed by atoms with Crippen molar-refractivity contribution in [3.8, 4) is 0 Å². The van der Waals surface area contributed by atoms with Crippen LogP contribution in [0.1, 0.15) is 38.5 Å². The molecule has 2 unspecified atom stereocenters. The highest BCUT2D eigenvalue weighted by Gasteiger charge is 2.57. The van der Waals surface area contributed by atoms with Crippen LogP contribution in [0.5, 0.6) is 0 Å². The maximum Gasteiger partial charge on any atom is 0.374 e. The van der Waals surface area contributed by atoms with Gasteiger partial charge in [0.05, 0.1) is 6.61 Å². The Balaban J connectivity index is 1.54. The second kappa shape index (κ2) is 6.00. The molecule has 0 aromatic heterocycles. The number of hydrogen-bond donors (Lipinski definition) is 1. The summed E-state index contributed by atoms with van der Waals surface area (Å²) in [5.74, 6) is -1.37. The Morgan fingerprint density at radius 2 is 1.70 bits per heavy atom. The van der Waals surface area contributed by atoms with E-state index < -0.39 is 25.0 Å². The van der Waals surface area contributed by atoms with Gasteiger partial charge in [-0.2, -0.15) is 8.78 Å². The highest BCUT2D eigenvalue weighted by Crippen LogP contribution is 2.65. The van der Waals surface area contributed by atoms with Gasteiger partial charge in [-0.25, -0.2) is 9.59 Å². The molecule has 0 saturated heterocycles. The van der Waals surface area contributed by atoms with E-state index in [-0.39, 0.29) is 24.0 Å². The number of aliphatic hydroxyl groups is 1. The summed E-state index contributed by atoms with van der Waals surface area (Å²) < 4.78 is 33.4. The van der Waals surface area contributed by atoms with Crippen molar-refractivity contribution in [1.29, 1.82) is 0 Å². The fourth-order valence-corrected chi connectivity index (χ4v) is 5.47. The first-order chi connectivity index (χ1) is 10.9. The third-order valence-electron chi connectivity index (χ3n) is 5.69. The van der Waals surface area contributed by atoms with Gasteiger partial charge < -0.3 is 14.6 Å². The molecule has 5 nitrogen and oxygen atoms in total. The molecule has 0 aromatic carbocycles. The summed E-state index contributed by atoms with van der Waals surface area (Å²) in [6.45, 7) is -0.397. The number of aliphatic hydroxyl groups excluding tert-OH is 1. The SMILES string of the molecule is O=C(COC(=O)C(F)F)OCC12CC3CC(CC(CO)(C3)C1)C2. The summed E-state index contributed by atoms with van der Waals surface area (Å²) in [6.07, 6.45) is 2.83. The summed E-state index contributed by atoms with van der Waals surface area (Å²) in [5, 5.41) is 9.78. The van der Waals surface area contributed by atoms with Crippen molar-refractivity contribution < 1.29 is 33.0 Å². The molecule has 0 heterocycles. The molecule has 23 heavy (non-hydrogen) atoms. The minimum absolute atomic E-state index is 0.0430. The van der Waals surface area contributed by atoms with Crippen LogP contribution in [0.25, 0.3) is 0 Å². The number of carbonyl (C=O) groups is 2. The lowest BCUT2D eigenvalue weighted by atomic mass is 9.44. The van der Waals surface area contributed by atoms with Gasteiger partial charge in [0.15, 0.2) is 6.61 Å². The summed E-state index contributed by atoms with van der Waals surface area (Å²) >= 11 is 0. The van der Waals surface area contributed by atoms with Crippen molar-refractivity contribution in [1.82, 2.24) is 0 Å². The molecule has 0 amide bonds. The van der Waals surface area contributed by atoms with Crippen LogP contribution < -0.4 is 0 Å². The summed E-state index contributed by atoms with van der Waals surface area (Å²) in [7, 11) is 0. The predicted molar refractivity (Wildman–Crippen MR) is 74.6 cm³/mol. The Bertz CT molecular complexity index is 479. The van der Waals surface area contributed by atoms with Crippen molar-refractivity contribution in [3.05, 3.63) is 0 Å². The molecule has 1 N–H and O–H groups in total. The Kier molecular flexibility index (Phi) is 4.33. The minimum Gasteiger partial charge on any atom is -0.463 e. The molecule has 4 aliphatic rings. The number of esters is 2. The van der Waals surface area contributed by atoms with E-state index in [2.05, 4.69) is 4.74 Å². The van der Waals surface area contributed by atoms with E-state index in [0.29, 0.717) is 11.8 Å². The number of rotatable bonds is 6. The zero-order valence-electron chi connectivity index (χ0n) is 12.9. The first-order valence-corrected chi connectivity index (χ1v) is 8.07. The highest BCUT2D eigenvalue weighted by atomic mass is 19.3. The van der Waals surface area contributed by atoms with E-state index in [1.807, 2.05) is 0 Å². The van der Waals surface area contributed by atoms with E-state index in [9.17, 15) is 23.5 Å². The van der Waals surface area contributed by atoms with Crippen LogP contribution in [0.3, 0.4) is 0 Å². The van der Waals surface area contributed by atoms with Crippen molar-refractivity contribution >= 4 is 11.9 Å². The van der Waals surface area contributed by atoms with Gasteiger partial charge in [-0.15, -0.1) is 0 Å². The first kappa shape index (κ1) is 16.6. The van der Waals surface area contributed by atoms with Gasteiger partial charge in [-0.1, -0.05) is 0 Å². The molecule has 4 fully saturated rings. The zero-order valence-corrected chi connectivity index (χ0v) is 12.9. The first-order valence-electron chi connectivity index (χ1n) is 8.07. The maximum absolute atomic E-state index is 12.0. The van der Waals surface area contributed by atoms with Gasteiger partial charge in [-0.3, -0.25) is 0 Å². The summed E-state index contributed by atoms with van der Waals surface area (Å²) in [4.78, 5) is 22.3. The fraction of sp³-hybridized carbons (Fsp3) is 0.875. The summed E-state index contributed by atoms with van der Waals surface area (Å²) in [6, 6.07) is 0. The third-order valence-corrected chi connectivity index (χ3v) is 5.69. The predicted octanol–water partition coefficient (Wildman–Crippen LogP) is 1.92. The fourth-order valence-electron chi connectivity index (χ4n) is 5.47. The number of hydrogen-bond acceptors (Lipinski definition) is 5. The molecule has 0 aromatic rings. The monoisotopic (exact) mass is 332 g/mol. The normalized spacial score (nSPS) is 37.9. The largest absolute Gasteiger partial charge is 0.463 e. The highest BCUT2D eigenvalue weighted by molar-refractivity contribution is 5.78. The second-order valence-electron chi connectivity index (χ2n) is 7.69. The van der Waals surface area contributed by atoms with E-state index >= 15 is 0 Å². The number of halogens is 2. The van der Waals surface area contributed by atoms with E-state index in [0.717, 1.165) is 32.1 Å². The van der Waals surface area contributed by atoms with Crippen LogP contribution in [-0.4, -0.2) is 43.3 Å². The summed E-state index contributed by atoms with van der Waals surface area (Å²) in [5.41, 5.74) is -0.159. The lowest BCUT2D eigenvalue weighted by molar-refractivity contribution is -0.177. The molecular formula is C16H22F2O5. The van der Waals surface area contributed by atoms with E-state index in [4.69, 9.17) is 4.74 Å². The van der Waals surface area contributed by atoms with Crippen LogP contribution in [0, 0.1) is 22.7 Å².